The molecule has 0 radical (unpaired) electrons. The number of aliphatic imine (C=N–C) groups is 1. The van der Waals surface area contributed by atoms with Crippen LogP contribution in [0.25, 0.3) is 6.08 Å². The van der Waals surface area contributed by atoms with E-state index in [1.165, 1.54) is 0 Å². The van der Waals surface area contributed by atoms with Crippen LogP contribution < -0.4 is 35.2 Å². The highest BCUT2D eigenvalue weighted by atomic mass is 16.6. The van der Waals surface area contributed by atoms with E-state index >= 15 is 0 Å². The molecule has 8 rings (SSSR count). The van der Waals surface area contributed by atoms with Crippen LogP contribution in [0.1, 0.15) is 11.1 Å². The summed E-state index contributed by atoms with van der Waals surface area (Å²) in [6.07, 6.45) is 2.62. The van der Waals surface area contributed by atoms with Gasteiger partial charge >= 0.3 is 0 Å². The van der Waals surface area contributed by atoms with Crippen LogP contribution in [0.4, 0.5) is 11.4 Å². The number of hydroxylamine groups is 1. The molecule has 4 atom stereocenters. The highest BCUT2D eigenvalue weighted by Gasteiger charge is 2.61. The summed E-state index contributed by atoms with van der Waals surface area (Å²) >= 11 is 0. The minimum Gasteiger partial charge on any atom is -0.478 e. The molecule has 4 aromatic rings. The van der Waals surface area contributed by atoms with Crippen molar-refractivity contribution >= 4 is 23.7 Å². The average Bonchev–Trinajstić information content (AvgIpc) is 3.03. The van der Waals surface area contributed by atoms with E-state index in [9.17, 15) is 0 Å². The summed E-state index contributed by atoms with van der Waals surface area (Å²) in [7, 11) is 0. The first-order valence-electron chi connectivity index (χ1n) is 13.3. The second-order valence-electron chi connectivity index (χ2n) is 10.1. The third-order valence-electron chi connectivity index (χ3n) is 7.76. The summed E-state index contributed by atoms with van der Waals surface area (Å²) in [5, 5.41) is 7.33. The largest absolute Gasteiger partial charge is 0.478 e. The molecule has 0 aliphatic carbocycles. The van der Waals surface area contributed by atoms with Crippen molar-refractivity contribution in [3.05, 3.63) is 114 Å². The summed E-state index contributed by atoms with van der Waals surface area (Å²) in [5.74, 6) is 2.92. The molecule has 40 heavy (non-hydrogen) atoms. The van der Waals surface area contributed by atoms with Crippen molar-refractivity contribution in [1.29, 1.82) is 0 Å². The lowest BCUT2D eigenvalue weighted by molar-refractivity contribution is -0.115. The van der Waals surface area contributed by atoms with Crippen LogP contribution in [0.15, 0.2) is 108 Å². The minimum atomic E-state index is -1.17. The number of fused-ring (bicyclic) bond motifs is 4. The lowest BCUT2D eigenvalue weighted by atomic mass is 9.80. The standard InChI is InChI=1S/C32H26N4O4/c1-6-14-26-20(9-1)17-24(36-40-26)30-32(39-28-16-8-4-12-23(28)35-30,29-19-33-22-11-3-7-15-27(22)37-29)31-34-18-21-10-2-5-13-25(21)38-31/h1-17,19,29-31,34-36H,18H2. The summed E-state index contributed by atoms with van der Waals surface area (Å²) < 4.78 is 20.5. The molecular formula is C32H26N4O4. The maximum Gasteiger partial charge on any atom is 0.226 e. The second kappa shape index (κ2) is 9.07. The van der Waals surface area contributed by atoms with Gasteiger partial charge in [-0.25, -0.2) is 5.48 Å². The Morgan fingerprint density at radius 3 is 2.42 bits per heavy atom. The second-order valence-corrected chi connectivity index (χ2v) is 10.1. The van der Waals surface area contributed by atoms with Gasteiger partial charge in [-0.2, -0.15) is 0 Å². The fraction of sp³-hybridized carbons (Fsp3) is 0.156. The molecule has 4 aliphatic heterocycles. The van der Waals surface area contributed by atoms with E-state index in [-0.39, 0.29) is 0 Å². The van der Waals surface area contributed by atoms with Crippen molar-refractivity contribution in [3.8, 4) is 23.0 Å². The number of ether oxygens (including phenoxy) is 3. The number of hydrogen-bond donors (Lipinski definition) is 3. The maximum absolute atomic E-state index is 7.08. The number of para-hydroxylation sites is 6. The van der Waals surface area contributed by atoms with Crippen molar-refractivity contribution < 1.29 is 19.0 Å². The van der Waals surface area contributed by atoms with Gasteiger partial charge in [0.25, 0.3) is 0 Å². The zero-order chi connectivity index (χ0) is 26.5. The predicted molar refractivity (Wildman–Crippen MR) is 152 cm³/mol. The van der Waals surface area contributed by atoms with Crippen LogP contribution in [0.2, 0.25) is 0 Å². The third-order valence-corrected chi connectivity index (χ3v) is 7.76. The van der Waals surface area contributed by atoms with E-state index in [4.69, 9.17) is 24.0 Å². The van der Waals surface area contributed by atoms with Gasteiger partial charge in [0.15, 0.2) is 18.1 Å². The summed E-state index contributed by atoms with van der Waals surface area (Å²) in [4.78, 5) is 10.8. The van der Waals surface area contributed by atoms with Crippen molar-refractivity contribution in [2.75, 3.05) is 5.32 Å². The molecule has 0 saturated heterocycles. The molecule has 0 bridgehead atoms. The summed E-state index contributed by atoms with van der Waals surface area (Å²) in [6.45, 7) is 0.604. The SMILES string of the molecule is C1=Nc2ccccc2OC1C1(C2NCc3ccccc3O2)Oc2ccccc2NC1C1=Cc2ccccc2ON1. The minimum absolute atomic E-state index is 0.500. The Kier molecular flexibility index (Phi) is 5.21. The molecule has 4 aliphatic rings. The quantitative estimate of drug-likeness (QED) is 0.335. The number of anilines is 1. The molecule has 0 amide bonds. The monoisotopic (exact) mass is 530 g/mol. The van der Waals surface area contributed by atoms with Crippen LogP contribution in [-0.4, -0.2) is 30.2 Å². The molecule has 0 fully saturated rings. The van der Waals surface area contributed by atoms with E-state index in [1.54, 1.807) is 0 Å². The van der Waals surface area contributed by atoms with E-state index in [2.05, 4.69) is 28.3 Å². The summed E-state index contributed by atoms with van der Waals surface area (Å²) in [5.41, 5.74) is 6.43. The van der Waals surface area contributed by atoms with Crippen LogP contribution in [0.5, 0.6) is 23.0 Å². The number of nitrogens with one attached hydrogen (secondary N) is 3. The molecule has 0 aromatic heterocycles. The van der Waals surface area contributed by atoms with E-state index < -0.39 is 24.0 Å². The molecule has 0 saturated carbocycles. The molecule has 8 heteroatoms. The smallest absolute Gasteiger partial charge is 0.226 e. The Morgan fingerprint density at radius 1 is 0.750 bits per heavy atom. The molecule has 4 heterocycles. The van der Waals surface area contributed by atoms with Crippen molar-refractivity contribution in [3.63, 3.8) is 0 Å². The highest BCUT2D eigenvalue weighted by Crippen LogP contribution is 2.46. The van der Waals surface area contributed by atoms with Gasteiger partial charge in [0.1, 0.15) is 29.0 Å². The topological polar surface area (TPSA) is 85.4 Å². The molecule has 8 nitrogen and oxygen atoms in total. The first-order chi connectivity index (χ1) is 19.8. The molecule has 0 spiro atoms. The van der Waals surface area contributed by atoms with Crippen molar-refractivity contribution in [2.45, 2.75) is 30.5 Å². The van der Waals surface area contributed by atoms with Gasteiger partial charge in [0, 0.05) is 17.7 Å². The normalized spacial score (nSPS) is 25.4. The van der Waals surface area contributed by atoms with Gasteiger partial charge in [-0.05, 0) is 42.5 Å². The Labute approximate surface area is 231 Å². The zero-order valence-electron chi connectivity index (χ0n) is 21.4. The number of rotatable bonds is 3. The Morgan fingerprint density at radius 2 is 1.50 bits per heavy atom. The fourth-order valence-corrected chi connectivity index (χ4v) is 5.81. The van der Waals surface area contributed by atoms with Crippen LogP contribution in [-0.2, 0) is 6.54 Å². The Bertz CT molecular complexity index is 1670. The lowest BCUT2D eigenvalue weighted by Crippen LogP contribution is -2.75. The Balaban J connectivity index is 1.32. The number of nitrogens with zero attached hydrogens (tertiary/aromatic N) is 1. The first kappa shape index (κ1) is 23.0. The zero-order valence-corrected chi connectivity index (χ0v) is 21.4. The number of hydrogen-bond acceptors (Lipinski definition) is 8. The molecule has 4 unspecified atom stereocenters. The molecule has 3 N–H and O–H groups in total. The van der Waals surface area contributed by atoms with Crippen molar-refractivity contribution in [2.24, 2.45) is 4.99 Å². The van der Waals surface area contributed by atoms with Crippen LogP contribution in [0, 0.1) is 0 Å². The predicted octanol–water partition coefficient (Wildman–Crippen LogP) is 5.21. The van der Waals surface area contributed by atoms with Crippen LogP contribution >= 0.6 is 0 Å². The lowest BCUT2D eigenvalue weighted by Gasteiger charge is -2.53. The average molecular weight is 531 g/mol. The first-order valence-corrected chi connectivity index (χ1v) is 13.3. The Hall–Kier alpha value is -4.95. The van der Waals surface area contributed by atoms with Gasteiger partial charge in [0.05, 0.1) is 17.6 Å². The van der Waals surface area contributed by atoms with E-state index in [0.29, 0.717) is 18.0 Å². The molecule has 4 aromatic carbocycles. The van der Waals surface area contributed by atoms with Crippen molar-refractivity contribution in [1.82, 2.24) is 10.8 Å². The maximum atomic E-state index is 7.08. The van der Waals surface area contributed by atoms with Crippen LogP contribution in [0.3, 0.4) is 0 Å². The fourth-order valence-electron chi connectivity index (χ4n) is 5.81. The highest BCUT2D eigenvalue weighted by molar-refractivity contribution is 5.77. The summed E-state index contributed by atoms with van der Waals surface area (Å²) in [6, 6.07) is 31.1. The number of benzene rings is 4. The third kappa shape index (κ3) is 3.60. The molecular weight excluding hydrogens is 504 g/mol. The van der Waals surface area contributed by atoms with Gasteiger partial charge in [-0.3, -0.25) is 10.3 Å². The molecule has 198 valence electrons. The van der Waals surface area contributed by atoms with Gasteiger partial charge < -0.3 is 24.4 Å². The van der Waals surface area contributed by atoms with Gasteiger partial charge in [-0.1, -0.05) is 60.7 Å². The van der Waals surface area contributed by atoms with E-state index in [0.717, 1.165) is 39.7 Å². The van der Waals surface area contributed by atoms with Gasteiger partial charge in [0.2, 0.25) is 5.60 Å². The van der Waals surface area contributed by atoms with E-state index in [1.807, 2.05) is 97.2 Å². The van der Waals surface area contributed by atoms with Gasteiger partial charge in [-0.15, -0.1) is 0 Å².